The number of thiazole rings is 1. The number of nitrogens with zero attached hydrogens (tertiary/aromatic N) is 1. The second-order valence-electron chi connectivity index (χ2n) is 4.65. The van der Waals surface area contributed by atoms with Crippen LogP contribution in [0.2, 0.25) is 0 Å². The maximum atomic E-state index is 12.1. The molecule has 3 N–H and O–H groups in total. The molecular formula is C14H16N4O3S2. The van der Waals surface area contributed by atoms with Gasteiger partial charge in [0.15, 0.2) is 0 Å². The Labute approximate surface area is 137 Å². The lowest BCUT2D eigenvalue weighted by atomic mass is 10.3. The SMILES string of the molecule is C.CS(=O)(=O)Nc1ccc(NC(=O)c2cc3scnc3[nH]2)cc1. The molecule has 0 fully saturated rings. The minimum atomic E-state index is -3.31. The molecule has 1 amide bonds. The Morgan fingerprint density at radius 3 is 2.48 bits per heavy atom. The second kappa shape index (κ2) is 6.39. The van der Waals surface area contributed by atoms with Crippen LogP contribution in [0.4, 0.5) is 11.4 Å². The van der Waals surface area contributed by atoms with E-state index in [-0.39, 0.29) is 13.3 Å². The standard InChI is InChI=1S/C13H12N4O3S2.CH4/c1-22(19,20)17-9-4-2-8(3-5-9)15-13(18)10-6-11-12(16-10)14-7-21-11;/h2-7,16-17H,1H3,(H,15,18);1H4. The van der Waals surface area contributed by atoms with Crippen LogP contribution < -0.4 is 10.0 Å². The predicted octanol–water partition coefficient (Wildman–Crippen LogP) is 2.88. The van der Waals surface area contributed by atoms with Gasteiger partial charge in [0.1, 0.15) is 11.3 Å². The van der Waals surface area contributed by atoms with E-state index >= 15 is 0 Å². The van der Waals surface area contributed by atoms with Gasteiger partial charge in [-0.1, -0.05) is 7.43 Å². The fraction of sp³-hybridized carbons (Fsp3) is 0.143. The van der Waals surface area contributed by atoms with Crippen molar-refractivity contribution >= 4 is 49.0 Å². The lowest BCUT2D eigenvalue weighted by Gasteiger charge is -2.06. The van der Waals surface area contributed by atoms with Gasteiger partial charge in [0.05, 0.1) is 16.5 Å². The number of benzene rings is 1. The number of amides is 1. The maximum absolute atomic E-state index is 12.1. The van der Waals surface area contributed by atoms with Gasteiger partial charge in [-0.2, -0.15) is 0 Å². The highest BCUT2D eigenvalue weighted by Crippen LogP contribution is 2.20. The lowest BCUT2D eigenvalue weighted by Crippen LogP contribution is -2.12. The number of carbonyl (C=O) groups excluding carboxylic acids is 1. The minimum absolute atomic E-state index is 0. The van der Waals surface area contributed by atoms with E-state index in [1.165, 1.54) is 11.3 Å². The van der Waals surface area contributed by atoms with Gasteiger partial charge in [0.2, 0.25) is 10.0 Å². The molecule has 0 spiro atoms. The van der Waals surface area contributed by atoms with E-state index in [1.807, 2.05) is 0 Å². The third-order valence-electron chi connectivity index (χ3n) is 2.81. The molecule has 9 heteroatoms. The lowest BCUT2D eigenvalue weighted by molar-refractivity contribution is 0.102. The van der Waals surface area contributed by atoms with Crippen LogP contribution >= 0.6 is 11.3 Å². The Kier molecular flexibility index (Phi) is 4.71. The summed E-state index contributed by atoms with van der Waals surface area (Å²) in [7, 11) is -3.31. The Bertz CT molecular complexity index is 898. The van der Waals surface area contributed by atoms with Crippen molar-refractivity contribution in [2.45, 2.75) is 7.43 Å². The van der Waals surface area contributed by atoms with Crippen molar-refractivity contribution < 1.29 is 13.2 Å². The van der Waals surface area contributed by atoms with E-state index < -0.39 is 10.0 Å². The number of aromatic nitrogens is 2. The van der Waals surface area contributed by atoms with Gasteiger partial charge in [0, 0.05) is 11.4 Å². The van der Waals surface area contributed by atoms with Crippen LogP contribution in [-0.2, 0) is 10.0 Å². The Morgan fingerprint density at radius 1 is 1.22 bits per heavy atom. The highest BCUT2D eigenvalue weighted by Gasteiger charge is 2.11. The van der Waals surface area contributed by atoms with E-state index in [4.69, 9.17) is 0 Å². The summed E-state index contributed by atoms with van der Waals surface area (Å²) >= 11 is 1.45. The molecule has 7 nitrogen and oxygen atoms in total. The Morgan fingerprint density at radius 2 is 1.87 bits per heavy atom. The molecule has 3 aromatic rings. The zero-order valence-corrected chi connectivity index (χ0v) is 13.1. The smallest absolute Gasteiger partial charge is 0.272 e. The van der Waals surface area contributed by atoms with Crippen molar-refractivity contribution in [2.75, 3.05) is 16.3 Å². The fourth-order valence-corrected chi connectivity index (χ4v) is 3.14. The average Bonchev–Trinajstić information content (AvgIpc) is 3.00. The zero-order chi connectivity index (χ0) is 15.7. The third kappa shape index (κ3) is 4.08. The summed E-state index contributed by atoms with van der Waals surface area (Å²) in [5, 5.41) is 2.73. The molecule has 0 aliphatic heterocycles. The van der Waals surface area contributed by atoms with Gasteiger partial charge in [0.25, 0.3) is 5.91 Å². The molecule has 23 heavy (non-hydrogen) atoms. The summed E-state index contributed by atoms with van der Waals surface area (Å²) < 4.78 is 25.5. The first kappa shape index (κ1) is 17.0. The molecule has 0 aliphatic carbocycles. The number of rotatable bonds is 4. The van der Waals surface area contributed by atoms with Crippen LogP contribution in [0.3, 0.4) is 0 Å². The number of nitrogens with one attached hydrogen (secondary N) is 3. The molecule has 0 unspecified atom stereocenters. The van der Waals surface area contributed by atoms with Crippen LogP contribution in [0, 0.1) is 0 Å². The van der Waals surface area contributed by atoms with Crippen molar-refractivity contribution in [1.29, 1.82) is 0 Å². The van der Waals surface area contributed by atoms with Crippen LogP contribution in [-0.4, -0.2) is 30.5 Å². The molecule has 1 aromatic carbocycles. The van der Waals surface area contributed by atoms with Crippen molar-refractivity contribution in [1.82, 2.24) is 9.97 Å². The molecule has 0 atom stereocenters. The van der Waals surface area contributed by atoms with Crippen molar-refractivity contribution in [3.63, 3.8) is 0 Å². The molecular weight excluding hydrogens is 336 g/mol. The van der Waals surface area contributed by atoms with E-state index in [1.54, 1.807) is 35.8 Å². The number of hydrogen-bond donors (Lipinski definition) is 3. The summed E-state index contributed by atoms with van der Waals surface area (Å²) in [6, 6.07) is 8.13. The summed E-state index contributed by atoms with van der Waals surface area (Å²) in [5.74, 6) is -0.283. The topological polar surface area (TPSA) is 104 Å². The number of hydrogen-bond acceptors (Lipinski definition) is 5. The molecule has 0 saturated heterocycles. The first-order valence-electron chi connectivity index (χ1n) is 6.22. The third-order valence-corrected chi connectivity index (χ3v) is 4.20. The molecule has 0 aliphatic rings. The monoisotopic (exact) mass is 352 g/mol. The fourth-order valence-electron chi connectivity index (χ4n) is 1.90. The van der Waals surface area contributed by atoms with Crippen LogP contribution in [0.25, 0.3) is 10.3 Å². The molecule has 2 aromatic heterocycles. The Hall–Kier alpha value is -2.39. The van der Waals surface area contributed by atoms with Gasteiger partial charge < -0.3 is 10.3 Å². The minimum Gasteiger partial charge on any atom is -0.334 e. The number of fused-ring (bicyclic) bond motifs is 1. The van der Waals surface area contributed by atoms with E-state index in [0.717, 1.165) is 11.0 Å². The first-order chi connectivity index (χ1) is 10.4. The van der Waals surface area contributed by atoms with E-state index in [2.05, 4.69) is 20.0 Å². The maximum Gasteiger partial charge on any atom is 0.272 e. The van der Waals surface area contributed by atoms with Gasteiger partial charge in [-0.3, -0.25) is 9.52 Å². The zero-order valence-electron chi connectivity index (χ0n) is 11.5. The number of H-pyrrole nitrogens is 1. The number of aromatic amines is 1. The van der Waals surface area contributed by atoms with Crippen molar-refractivity contribution in [3.05, 3.63) is 41.5 Å². The van der Waals surface area contributed by atoms with Gasteiger partial charge in [-0.25, -0.2) is 13.4 Å². The summed E-state index contributed by atoms with van der Waals surface area (Å²) in [4.78, 5) is 19.1. The molecule has 2 heterocycles. The Balaban J connectivity index is 0.00000192. The highest BCUT2D eigenvalue weighted by atomic mass is 32.2. The number of sulfonamides is 1. The quantitative estimate of drug-likeness (QED) is 0.671. The van der Waals surface area contributed by atoms with Crippen molar-refractivity contribution in [3.8, 4) is 0 Å². The molecule has 0 radical (unpaired) electrons. The summed E-state index contributed by atoms with van der Waals surface area (Å²) in [5.41, 5.74) is 3.81. The first-order valence-corrected chi connectivity index (χ1v) is 8.99. The number of carbonyl (C=O) groups is 1. The van der Waals surface area contributed by atoms with Gasteiger partial charge in [-0.15, -0.1) is 11.3 Å². The molecule has 0 bridgehead atoms. The van der Waals surface area contributed by atoms with Gasteiger partial charge >= 0.3 is 0 Å². The largest absolute Gasteiger partial charge is 0.334 e. The average molecular weight is 352 g/mol. The molecule has 122 valence electrons. The predicted molar refractivity (Wildman–Crippen MR) is 93.6 cm³/mol. The normalized spacial score (nSPS) is 11.0. The van der Waals surface area contributed by atoms with Crippen molar-refractivity contribution in [2.24, 2.45) is 0 Å². The number of anilines is 2. The molecule has 0 saturated carbocycles. The van der Waals surface area contributed by atoms with Crippen LogP contribution in [0.15, 0.2) is 35.8 Å². The van der Waals surface area contributed by atoms with Gasteiger partial charge in [-0.05, 0) is 30.3 Å². The van der Waals surface area contributed by atoms with E-state index in [0.29, 0.717) is 22.7 Å². The summed E-state index contributed by atoms with van der Waals surface area (Å²) in [6.45, 7) is 0. The molecule has 3 rings (SSSR count). The summed E-state index contributed by atoms with van der Waals surface area (Å²) in [6.07, 6.45) is 1.08. The van der Waals surface area contributed by atoms with Crippen LogP contribution in [0.1, 0.15) is 17.9 Å². The second-order valence-corrected chi connectivity index (χ2v) is 7.29. The van der Waals surface area contributed by atoms with E-state index in [9.17, 15) is 13.2 Å². The highest BCUT2D eigenvalue weighted by molar-refractivity contribution is 7.92. The van der Waals surface area contributed by atoms with Crippen LogP contribution in [0.5, 0.6) is 0 Å².